The van der Waals surface area contributed by atoms with Crippen LogP contribution in [0.4, 0.5) is 5.69 Å². The van der Waals surface area contributed by atoms with Crippen LogP contribution in [-0.4, -0.2) is 45.6 Å². The number of aromatic amines is 1. The summed E-state index contributed by atoms with van der Waals surface area (Å²) in [5.74, 6) is -1.37. The first-order chi connectivity index (χ1) is 15.5. The predicted octanol–water partition coefficient (Wildman–Crippen LogP) is 2.52. The van der Waals surface area contributed by atoms with E-state index in [2.05, 4.69) is 20.8 Å². The van der Waals surface area contributed by atoms with Crippen molar-refractivity contribution in [2.75, 3.05) is 11.9 Å². The van der Waals surface area contributed by atoms with Gasteiger partial charge < -0.3 is 15.7 Å². The highest BCUT2D eigenvalue weighted by Gasteiger charge is 2.21. The lowest BCUT2D eigenvalue weighted by Crippen LogP contribution is -2.46. The number of anilines is 1. The summed E-state index contributed by atoms with van der Waals surface area (Å²) in [4.78, 5) is 37.9. The molecule has 0 spiro atoms. The summed E-state index contributed by atoms with van der Waals surface area (Å²) in [6.07, 6.45) is 1.66. The smallest absolute Gasteiger partial charge is 0.252 e. The maximum atomic E-state index is 12.7. The van der Waals surface area contributed by atoms with Crippen molar-refractivity contribution in [1.82, 2.24) is 15.5 Å². The predicted molar refractivity (Wildman–Crippen MR) is 119 cm³/mol. The van der Waals surface area contributed by atoms with Crippen LogP contribution in [0.15, 0.2) is 79.0 Å². The van der Waals surface area contributed by atoms with E-state index in [1.807, 2.05) is 6.07 Å². The van der Waals surface area contributed by atoms with Gasteiger partial charge in [0.25, 0.3) is 5.91 Å². The van der Waals surface area contributed by atoms with Crippen LogP contribution >= 0.6 is 0 Å². The Hall–Kier alpha value is -4.30. The second-order valence-corrected chi connectivity index (χ2v) is 7.15. The maximum absolute atomic E-state index is 12.7. The number of aliphatic hydroxyl groups is 1. The number of nitrogens with zero attached hydrogens (tertiary/aromatic N) is 1. The summed E-state index contributed by atoms with van der Waals surface area (Å²) in [5, 5.41) is 22.5. The second kappa shape index (κ2) is 9.23. The normalized spacial score (nSPS) is 11.7. The topological polar surface area (TPSA) is 124 Å². The summed E-state index contributed by atoms with van der Waals surface area (Å²) in [6.45, 7) is -0.591. The molecule has 0 aliphatic heterocycles. The molecule has 0 aliphatic carbocycles. The van der Waals surface area contributed by atoms with Crippen LogP contribution in [0.3, 0.4) is 0 Å². The number of hydrogen-bond donors (Lipinski definition) is 4. The molecule has 4 aromatic rings. The number of aliphatic hydroxyl groups excluding tert-OH is 1. The van der Waals surface area contributed by atoms with E-state index in [9.17, 15) is 19.5 Å². The Kier molecular flexibility index (Phi) is 6.05. The fourth-order valence-electron chi connectivity index (χ4n) is 3.24. The lowest BCUT2D eigenvalue weighted by Gasteiger charge is -2.16. The molecule has 0 saturated carbocycles. The van der Waals surface area contributed by atoms with Gasteiger partial charge >= 0.3 is 0 Å². The molecule has 3 aromatic carbocycles. The number of H-pyrrole nitrogens is 1. The number of fused-ring (bicyclic) bond motifs is 1. The lowest BCUT2D eigenvalue weighted by molar-refractivity contribution is -0.118. The number of carbonyl (C=O) groups excluding carboxylic acids is 3. The van der Waals surface area contributed by atoms with Crippen molar-refractivity contribution in [2.24, 2.45) is 0 Å². The van der Waals surface area contributed by atoms with Crippen molar-refractivity contribution in [1.29, 1.82) is 0 Å². The zero-order chi connectivity index (χ0) is 22.5. The fourth-order valence-corrected chi connectivity index (χ4v) is 3.24. The summed E-state index contributed by atoms with van der Waals surface area (Å²) in [6, 6.07) is 19.0. The molecular formula is C24H20N4O4. The average Bonchev–Trinajstić information content (AvgIpc) is 3.30. The molecule has 1 atom stereocenters. The van der Waals surface area contributed by atoms with Gasteiger partial charge in [0, 0.05) is 27.8 Å². The second-order valence-electron chi connectivity index (χ2n) is 7.15. The molecular weight excluding hydrogens is 408 g/mol. The van der Waals surface area contributed by atoms with Gasteiger partial charge in [-0.1, -0.05) is 42.5 Å². The molecule has 1 aromatic heterocycles. The van der Waals surface area contributed by atoms with E-state index in [0.717, 1.165) is 10.9 Å². The highest BCUT2D eigenvalue weighted by Crippen LogP contribution is 2.17. The van der Waals surface area contributed by atoms with Crippen molar-refractivity contribution in [3.05, 3.63) is 95.7 Å². The minimum Gasteiger partial charge on any atom is -0.394 e. The molecule has 0 bridgehead atoms. The molecule has 0 aliphatic rings. The molecule has 4 rings (SSSR count). The van der Waals surface area contributed by atoms with Crippen LogP contribution in [0.1, 0.15) is 26.3 Å². The number of amides is 2. The number of rotatable bonds is 7. The fraction of sp³-hybridized carbons (Fsp3) is 0.0833. The standard InChI is InChI=1S/C24H20N4O4/c29-14-21(24(32)26-19-10-9-18-13-25-28-20(18)12-19)27-23(31)17-8-4-7-16(11-17)22(30)15-5-2-1-3-6-15/h1-13,21,29H,14H2,(H,25,28)(H,26,32)(H,27,31)/t21-/m0/s1. The van der Waals surface area contributed by atoms with Gasteiger partial charge in [0.2, 0.25) is 5.91 Å². The van der Waals surface area contributed by atoms with E-state index in [1.54, 1.807) is 60.8 Å². The average molecular weight is 428 g/mol. The monoisotopic (exact) mass is 428 g/mol. The van der Waals surface area contributed by atoms with Crippen LogP contribution in [0.2, 0.25) is 0 Å². The third kappa shape index (κ3) is 4.55. The Labute approximate surface area is 183 Å². The quantitative estimate of drug-likeness (QED) is 0.337. The number of hydrogen-bond acceptors (Lipinski definition) is 5. The van der Waals surface area contributed by atoms with Crippen LogP contribution in [0.25, 0.3) is 10.9 Å². The van der Waals surface area contributed by atoms with Crippen molar-refractivity contribution in [3.63, 3.8) is 0 Å². The molecule has 8 nitrogen and oxygen atoms in total. The van der Waals surface area contributed by atoms with Gasteiger partial charge in [-0.2, -0.15) is 5.10 Å². The van der Waals surface area contributed by atoms with E-state index < -0.39 is 24.5 Å². The van der Waals surface area contributed by atoms with Crippen LogP contribution in [-0.2, 0) is 4.79 Å². The van der Waals surface area contributed by atoms with Gasteiger partial charge in [0.1, 0.15) is 6.04 Å². The van der Waals surface area contributed by atoms with E-state index in [0.29, 0.717) is 16.8 Å². The third-order valence-electron chi connectivity index (χ3n) is 4.94. The van der Waals surface area contributed by atoms with E-state index in [4.69, 9.17) is 0 Å². The molecule has 0 saturated heterocycles. The van der Waals surface area contributed by atoms with E-state index >= 15 is 0 Å². The Morgan fingerprint density at radius 1 is 0.906 bits per heavy atom. The lowest BCUT2D eigenvalue weighted by atomic mass is 10.0. The first-order valence-electron chi connectivity index (χ1n) is 9.90. The molecule has 160 valence electrons. The zero-order valence-electron chi connectivity index (χ0n) is 16.9. The first kappa shape index (κ1) is 21.0. The maximum Gasteiger partial charge on any atom is 0.252 e. The summed E-state index contributed by atoms with van der Waals surface area (Å²) in [7, 11) is 0. The Morgan fingerprint density at radius 2 is 1.66 bits per heavy atom. The van der Waals surface area contributed by atoms with Crippen LogP contribution in [0, 0.1) is 0 Å². The van der Waals surface area contributed by atoms with Gasteiger partial charge in [0.15, 0.2) is 5.78 Å². The van der Waals surface area contributed by atoms with Gasteiger partial charge in [-0.05, 0) is 30.3 Å². The van der Waals surface area contributed by atoms with Gasteiger partial charge in [-0.25, -0.2) is 0 Å². The number of benzene rings is 3. The SMILES string of the molecule is O=C(N[C@@H](CO)C(=O)Nc1ccc2cn[nH]c2c1)c1cccc(C(=O)c2ccccc2)c1. The molecule has 2 amide bonds. The van der Waals surface area contributed by atoms with Crippen molar-refractivity contribution in [2.45, 2.75) is 6.04 Å². The van der Waals surface area contributed by atoms with Crippen molar-refractivity contribution in [3.8, 4) is 0 Å². The molecule has 4 N–H and O–H groups in total. The molecule has 8 heteroatoms. The third-order valence-corrected chi connectivity index (χ3v) is 4.94. The minimum atomic E-state index is -1.17. The van der Waals surface area contributed by atoms with Gasteiger partial charge in [-0.3, -0.25) is 19.5 Å². The molecule has 0 radical (unpaired) electrons. The number of nitrogens with one attached hydrogen (secondary N) is 3. The molecule has 32 heavy (non-hydrogen) atoms. The Morgan fingerprint density at radius 3 is 2.44 bits per heavy atom. The number of carbonyl (C=O) groups is 3. The van der Waals surface area contributed by atoms with E-state index in [-0.39, 0.29) is 11.3 Å². The first-order valence-corrected chi connectivity index (χ1v) is 9.90. The summed E-state index contributed by atoms with van der Waals surface area (Å²) < 4.78 is 0. The minimum absolute atomic E-state index is 0.205. The van der Waals surface area contributed by atoms with E-state index in [1.165, 1.54) is 12.1 Å². The number of ketones is 1. The molecule has 0 unspecified atom stereocenters. The van der Waals surface area contributed by atoms with Crippen molar-refractivity contribution >= 4 is 34.2 Å². The van der Waals surface area contributed by atoms with Gasteiger partial charge in [-0.15, -0.1) is 0 Å². The van der Waals surface area contributed by atoms with Gasteiger partial charge in [0.05, 0.1) is 18.3 Å². The molecule has 1 heterocycles. The highest BCUT2D eigenvalue weighted by molar-refractivity contribution is 6.10. The Bertz CT molecular complexity index is 1280. The zero-order valence-corrected chi connectivity index (χ0v) is 16.9. The summed E-state index contributed by atoms with van der Waals surface area (Å²) >= 11 is 0. The summed E-state index contributed by atoms with van der Waals surface area (Å²) in [5.41, 5.74) is 2.30. The Balaban J connectivity index is 1.45. The largest absolute Gasteiger partial charge is 0.394 e. The van der Waals surface area contributed by atoms with Crippen LogP contribution in [0.5, 0.6) is 0 Å². The van der Waals surface area contributed by atoms with Crippen molar-refractivity contribution < 1.29 is 19.5 Å². The number of aromatic nitrogens is 2. The molecule has 0 fully saturated rings. The van der Waals surface area contributed by atoms with Crippen LogP contribution < -0.4 is 10.6 Å². The highest BCUT2D eigenvalue weighted by atomic mass is 16.3.